The molecule has 3 fully saturated rings. The normalized spacial score (nSPS) is 26.3. The Bertz CT molecular complexity index is 749. The van der Waals surface area contributed by atoms with E-state index in [1.165, 1.54) is 25.3 Å². The van der Waals surface area contributed by atoms with Crippen LogP contribution in [-0.4, -0.2) is 54.0 Å². The van der Waals surface area contributed by atoms with E-state index in [1.54, 1.807) is 0 Å². The summed E-state index contributed by atoms with van der Waals surface area (Å²) in [5, 5.41) is 3.13. The molecule has 0 bridgehead atoms. The van der Waals surface area contributed by atoms with Crippen LogP contribution in [0.15, 0.2) is 18.2 Å². The Kier molecular flexibility index (Phi) is 6.23. The summed E-state index contributed by atoms with van der Waals surface area (Å²) in [5.74, 6) is -1.01. The number of rotatable bonds is 4. The van der Waals surface area contributed by atoms with Gasteiger partial charge in [0.15, 0.2) is 0 Å². The summed E-state index contributed by atoms with van der Waals surface area (Å²) in [7, 11) is 0. The van der Waals surface area contributed by atoms with E-state index < -0.39 is 17.6 Å². The zero-order valence-electron chi connectivity index (χ0n) is 17.1. The lowest BCUT2D eigenvalue weighted by Gasteiger charge is -2.44. The lowest BCUT2D eigenvalue weighted by atomic mass is 9.84. The number of carbonyl (C=O) groups is 1. The molecule has 166 valence electrons. The number of benzene rings is 1. The fraction of sp³-hybridized carbons (Fsp3) is 0.682. The first-order valence-electron chi connectivity index (χ1n) is 11.0. The van der Waals surface area contributed by atoms with Gasteiger partial charge in [0.05, 0.1) is 5.56 Å². The van der Waals surface area contributed by atoms with Crippen molar-refractivity contribution in [3.05, 3.63) is 29.6 Å². The minimum absolute atomic E-state index is 0.0163. The summed E-state index contributed by atoms with van der Waals surface area (Å²) in [5.41, 5.74) is -0.901. The highest BCUT2D eigenvalue weighted by Gasteiger charge is 2.35. The van der Waals surface area contributed by atoms with Crippen LogP contribution in [0.5, 0.6) is 0 Å². The molecule has 0 unspecified atom stereocenters. The van der Waals surface area contributed by atoms with E-state index in [9.17, 15) is 22.4 Å². The first-order valence-corrected chi connectivity index (χ1v) is 11.0. The molecule has 1 amide bonds. The van der Waals surface area contributed by atoms with Crippen LogP contribution < -0.4 is 5.32 Å². The molecule has 1 heterocycles. The molecule has 1 saturated heterocycles. The van der Waals surface area contributed by atoms with Crippen molar-refractivity contribution in [1.29, 1.82) is 0 Å². The fourth-order valence-electron chi connectivity index (χ4n) is 4.87. The van der Waals surface area contributed by atoms with Gasteiger partial charge in [-0.1, -0.05) is 6.42 Å². The molecule has 0 aromatic heterocycles. The summed E-state index contributed by atoms with van der Waals surface area (Å²) < 4.78 is 51.8. The lowest BCUT2D eigenvalue weighted by molar-refractivity contribution is -0.140. The molecule has 4 nitrogen and oxygen atoms in total. The van der Waals surface area contributed by atoms with Crippen LogP contribution in [-0.2, 0) is 11.0 Å². The number of amides is 1. The van der Waals surface area contributed by atoms with E-state index in [1.807, 2.05) is 4.90 Å². The van der Waals surface area contributed by atoms with Crippen molar-refractivity contribution in [2.75, 3.05) is 31.5 Å². The second-order valence-electron chi connectivity index (χ2n) is 8.83. The number of anilines is 1. The van der Waals surface area contributed by atoms with Crippen molar-refractivity contribution in [2.24, 2.45) is 5.92 Å². The van der Waals surface area contributed by atoms with Crippen LogP contribution in [0.2, 0.25) is 0 Å². The highest BCUT2D eigenvalue weighted by atomic mass is 19.4. The molecule has 3 aliphatic rings. The molecule has 0 spiro atoms. The van der Waals surface area contributed by atoms with E-state index >= 15 is 0 Å². The average molecular weight is 427 g/mol. The summed E-state index contributed by atoms with van der Waals surface area (Å²) in [6, 6.07) is 3.71. The van der Waals surface area contributed by atoms with E-state index in [0.29, 0.717) is 5.69 Å². The van der Waals surface area contributed by atoms with Gasteiger partial charge in [-0.3, -0.25) is 9.69 Å². The maximum Gasteiger partial charge on any atom is 0.419 e. The van der Waals surface area contributed by atoms with Crippen molar-refractivity contribution in [1.82, 2.24) is 9.80 Å². The second-order valence-corrected chi connectivity index (χ2v) is 8.83. The molecular weight excluding hydrogens is 398 g/mol. The maximum atomic E-state index is 13.8. The van der Waals surface area contributed by atoms with Gasteiger partial charge in [-0.2, -0.15) is 13.2 Å². The number of nitrogens with one attached hydrogen (secondary N) is 1. The molecule has 8 heteroatoms. The van der Waals surface area contributed by atoms with Crippen molar-refractivity contribution in [2.45, 2.75) is 63.2 Å². The second kappa shape index (κ2) is 8.73. The highest BCUT2D eigenvalue weighted by molar-refractivity contribution is 5.79. The highest BCUT2D eigenvalue weighted by Crippen LogP contribution is 2.34. The van der Waals surface area contributed by atoms with Gasteiger partial charge in [0.1, 0.15) is 5.82 Å². The van der Waals surface area contributed by atoms with E-state index in [-0.39, 0.29) is 17.9 Å². The zero-order chi connectivity index (χ0) is 21.3. The van der Waals surface area contributed by atoms with Crippen molar-refractivity contribution < 1.29 is 22.4 Å². The maximum absolute atomic E-state index is 13.8. The quantitative estimate of drug-likeness (QED) is 0.718. The van der Waals surface area contributed by atoms with Gasteiger partial charge in [0.2, 0.25) is 5.91 Å². The Hall–Kier alpha value is -1.83. The third-order valence-corrected chi connectivity index (χ3v) is 6.94. The predicted molar refractivity (Wildman–Crippen MR) is 107 cm³/mol. The molecule has 1 aliphatic heterocycles. The summed E-state index contributed by atoms with van der Waals surface area (Å²) >= 11 is 0. The molecule has 2 saturated carbocycles. The third-order valence-electron chi connectivity index (χ3n) is 6.94. The van der Waals surface area contributed by atoms with Crippen LogP contribution in [0, 0.1) is 11.7 Å². The lowest BCUT2D eigenvalue weighted by Crippen LogP contribution is -2.54. The predicted octanol–water partition coefficient (Wildman–Crippen LogP) is 4.51. The molecule has 0 radical (unpaired) electrons. The van der Waals surface area contributed by atoms with Crippen LogP contribution in [0.3, 0.4) is 0 Å². The minimum atomic E-state index is -4.69. The standard InChI is InChI=1S/C22H29F4N3O/c23-20-14-17(8-9-19(20)22(24,25)26)27-16-6-4-15(5-7-16)21(30)29-12-10-28(11-13-29)18-2-1-3-18/h8-9,14-16,18,27H,1-7,10-13H2/t15-,16+. The molecule has 1 N–H and O–H groups in total. The third kappa shape index (κ3) is 4.74. The Morgan fingerprint density at radius 1 is 0.967 bits per heavy atom. The number of carbonyl (C=O) groups excluding carboxylic acids is 1. The molecule has 1 aromatic carbocycles. The number of hydrogen-bond donors (Lipinski definition) is 1. The van der Waals surface area contributed by atoms with Gasteiger partial charge in [-0.15, -0.1) is 0 Å². The molecule has 30 heavy (non-hydrogen) atoms. The number of alkyl halides is 3. The summed E-state index contributed by atoms with van der Waals surface area (Å²) in [4.78, 5) is 17.4. The van der Waals surface area contributed by atoms with Crippen molar-refractivity contribution >= 4 is 11.6 Å². The Morgan fingerprint density at radius 2 is 1.63 bits per heavy atom. The summed E-state index contributed by atoms with van der Waals surface area (Å²) in [6.07, 6.45) is 2.21. The first kappa shape index (κ1) is 21.4. The fourth-order valence-corrected chi connectivity index (χ4v) is 4.87. The van der Waals surface area contributed by atoms with Gasteiger partial charge in [0, 0.05) is 49.9 Å². The molecular formula is C22H29F4N3O. The monoisotopic (exact) mass is 427 g/mol. The number of nitrogens with zero attached hydrogens (tertiary/aromatic N) is 2. The number of halogens is 4. The van der Waals surface area contributed by atoms with Gasteiger partial charge in [0.25, 0.3) is 0 Å². The average Bonchev–Trinajstić information content (AvgIpc) is 2.66. The molecule has 4 rings (SSSR count). The van der Waals surface area contributed by atoms with Gasteiger partial charge < -0.3 is 10.2 Å². The van der Waals surface area contributed by atoms with Crippen LogP contribution >= 0.6 is 0 Å². The zero-order valence-corrected chi connectivity index (χ0v) is 17.1. The largest absolute Gasteiger partial charge is 0.419 e. The Labute approximate surface area is 174 Å². The first-order chi connectivity index (χ1) is 14.3. The van der Waals surface area contributed by atoms with Crippen molar-refractivity contribution in [3.63, 3.8) is 0 Å². The van der Waals surface area contributed by atoms with E-state index in [2.05, 4.69) is 10.2 Å². The van der Waals surface area contributed by atoms with E-state index in [0.717, 1.165) is 70.0 Å². The number of piperazine rings is 1. The molecule has 2 aliphatic carbocycles. The van der Waals surface area contributed by atoms with Gasteiger partial charge in [-0.05, 0) is 56.7 Å². The van der Waals surface area contributed by atoms with Crippen LogP contribution in [0.4, 0.5) is 23.2 Å². The Balaban J connectivity index is 1.24. The smallest absolute Gasteiger partial charge is 0.382 e. The number of hydrogen-bond acceptors (Lipinski definition) is 3. The van der Waals surface area contributed by atoms with Crippen molar-refractivity contribution in [3.8, 4) is 0 Å². The SMILES string of the molecule is O=C([C@H]1CC[C@@H](Nc2ccc(C(F)(F)F)c(F)c2)CC1)N1CCN(C2CCC2)CC1. The molecule has 0 atom stereocenters. The van der Waals surface area contributed by atoms with Crippen LogP contribution in [0.1, 0.15) is 50.5 Å². The summed E-state index contributed by atoms with van der Waals surface area (Å²) in [6.45, 7) is 3.54. The topological polar surface area (TPSA) is 35.6 Å². The minimum Gasteiger partial charge on any atom is -0.382 e. The molecule has 1 aromatic rings. The van der Waals surface area contributed by atoms with Gasteiger partial charge in [-0.25, -0.2) is 4.39 Å². The Morgan fingerprint density at radius 3 is 2.17 bits per heavy atom. The van der Waals surface area contributed by atoms with Crippen LogP contribution in [0.25, 0.3) is 0 Å². The van der Waals surface area contributed by atoms with E-state index in [4.69, 9.17) is 0 Å². The van der Waals surface area contributed by atoms with Gasteiger partial charge >= 0.3 is 6.18 Å².